The van der Waals surface area contributed by atoms with Gasteiger partial charge < -0.3 is 10.0 Å². The van der Waals surface area contributed by atoms with Gasteiger partial charge in [-0.05, 0) is 45.6 Å². The maximum absolute atomic E-state index is 9.86. The van der Waals surface area contributed by atoms with E-state index in [4.69, 9.17) is 0 Å². The van der Waals surface area contributed by atoms with Gasteiger partial charge in [-0.2, -0.15) is 0 Å². The fraction of sp³-hybridized carbons (Fsp3) is 1.00. The standard InChI is InChI=1S/C14H29NO/c1-4-5-6-10-15(12(2)3)11-13-8-7-9-14(13)16/h12-14,16H,4-11H2,1-3H3. The van der Waals surface area contributed by atoms with Crippen molar-refractivity contribution < 1.29 is 5.11 Å². The molecule has 0 aromatic rings. The maximum Gasteiger partial charge on any atom is 0.0580 e. The molecule has 2 atom stereocenters. The second-order valence-corrected chi connectivity index (χ2v) is 5.55. The lowest BCUT2D eigenvalue weighted by molar-refractivity contribution is 0.0902. The van der Waals surface area contributed by atoms with Crippen LogP contribution in [0, 0.1) is 5.92 Å². The zero-order valence-electron chi connectivity index (χ0n) is 11.3. The van der Waals surface area contributed by atoms with Crippen LogP contribution in [0.4, 0.5) is 0 Å². The lowest BCUT2D eigenvalue weighted by Gasteiger charge is -2.30. The van der Waals surface area contributed by atoms with Crippen molar-refractivity contribution in [3.63, 3.8) is 0 Å². The van der Waals surface area contributed by atoms with Gasteiger partial charge in [-0.1, -0.05) is 26.2 Å². The summed E-state index contributed by atoms with van der Waals surface area (Å²) in [4.78, 5) is 2.55. The molecule has 2 unspecified atom stereocenters. The molecule has 1 aliphatic carbocycles. The third-order valence-electron chi connectivity index (χ3n) is 3.87. The Morgan fingerprint density at radius 2 is 2.00 bits per heavy atom. The van der Waals surface area contributed by atoms with Crippen LogP contribution in [0.5, 0.6) is 0 Å². The van der Waals surface area contributed by atoms with Crippen LogP contribution in [0.15, 0.2) is 0 Å². The van der Waals surface area contributed by atoms with Crippen molar-refractivity contribution in [2.24, 2.45) is 5.92 Å². The van der Waals surface area contributed by atoms with Crippen molar-refractivity contribution in [2.75, 3.05) is 13.1 Å². The van der Waals surface area contributed by atoms with Crippen molar-refractivity contribution in [3.8, 4) is 0 Å². The minimum atomic E-state index is -0.0348. The number of unbranched alkanes of at least 4 members (excludes halogenated alkanes) is 2. The Morgan fingerprint density at radius 3 is 2.50 bits per heavy atom. The van der Waals surface area contributed by atoms with E-state index < -0.39 is 0 Å². The summed E-state index contributed by atoms with van der Waals surface area (Å²) < 4.78 is 0. The number of rotatable bonds is 7. The molecule has 1 rings (SSSR count). The van der Waals surface area contributed by atoms with Crippen LogP contribution in [0.3, 0.4) is 0 Å². The molecular formula is C14H29NO. The fourth-order valence-corrected chi connectivity index (χ4v) is 2.66. The molecule has 0 aromatic carbocycles. The molecule has 0 aromatic heterocycles. The highest BCUT2D eigenvalue weighted by Crippen LogP contribution is 2.26. The minimum absolute atomic E-state index is 0.0348. The second kappa shape index (κ2) is 7.29. The van der Waals surface area contributed by atoms with Gasteiger partial charge in [0.1, 0.15) is 0 Å². The summed E-state index contributed by atoms with van der Waals surface area (Å²) in [5.74, 6) is 0.532. The van der Waals surface area contributed by atoms with Gasteiger partial charge in [0.15, 0.2) is 0 Å². The van der Waals surface area contributed by atoms with Gasteiger partial charge in [0.2, 0.25) is 0 Å². The summed E-state index contributed by atoms with van der Waals surface area (Å²) in [6, 6.07) is 0.615. The molecule has 0 saturated heterocycles. The third kappa shape index (κ3) is 4.42. The van der Waals surface area contributed by atoms with Gasteiger partial charge in [0.25, 0.3) is 0 Å². The highest BCUT2D eigenvalue weighted by molar-refractivity contribution is 4.80. The van der Waals surface area contributed by atoms with Crippen molar-refractivity contribution in [1.29, 1.82) is 0 Å². The van der Waals surface area contributed by atoms with Crippen molar-refractivity contribution in [3.05, 3.63) is 0 Å². The largest absolute Gasteiger partial charge is 0.393 e. The summed E-state index contributed by atoms with van der Waals surface area (Å²) >= 11 is 0. The molecular weight excluding hydrogens is 198 g/mol. The highest BCUT2D eigenvalue weighted by atomic mass is 16.3. The normalized spacial score (nSPS) is 25.9. The Morgan fingerprint density at radius 1 is 1.25 bits per heavy atom. The van der Waals surface area contributed by atoms with E-state index >= 15 is 0 Å². The van der Waals surface area contributed by atoms with Crippen LogP contribution >= 0.6 is 0 Å². The molecule has 0 bridgehead atoms. The van der Waals surface area contributed by atoms with E-state index in [1.54, 1.807) is 0 Å². The first-order valence-electron chi connectivity index (χ1n) is 7.07. The number of aliphatic hydroxyl groups excluding tert-OH is 1. The Labute approximate surface area is 101 Å². The Hall–Kier alpha value is -0.0800. The van der Waals surface area contributed by atoms with E-state index in [0.29, 0.717) is 12.0 Å². The van der Waals surface area contributed by atoms with Crippen LogP contribution in [-0.4, -0.2) is 35.2 Å². The van der Waals surface area contributed by atoms with Crippen LogP contribution in [0.2, 0.25) is 0 Å². The number of aliphatic hydroxyl groups is 1. The maximum atomic E-state index is 9.86. The van der Waals surface area contributed by atoms with E-state index in [1.807, 2.05) is 0 Å². The van der Waals surface area contributed by atoms with Gasteiger partial charge in [-0.3, -0.25) is 0 Å². The van der Waals surface area contributed by atoms with Crippen molar-refractivity contribution >= 4 is 0 Å². The zero-order chi connectivity index (χ0) is 12.0. The van der Waals surface area contributed by atoms with Gasteiger partial charge in [0, 0.05) is 12.6 Å². The number of hydrogen-bond acceptors (Lipinski definition) is 2. The zero-order valence-corrected chi connectivity index (χ0v) is 11.3. The average Bonchev–Trinajstić information content (AvgIpc) is 2.63. The summed E-state index contributed by atoms with van der Waals surface area (Å²) in [7, 11) is 0. The summed E-state index contributed by atoms with van der Waals surface area (Å²) in [5, 5.41) is 9.86. The van der Waals surface area contributed by atoms with Crippen molar-refractivity contribution in [2.45, 2.75) is 71.4 Å². The molecule has 0 radical (unpaired) electrons. The third-order valence-corrected chi connectivity index (χ3v) is 3.87. The fourth-order valence-electron chi connectivity index (χ4n) is 2.66. The molecule has 1 saturated carbocycles. The van der Waals surface area contributed by atoms with E-state index in [9.17, 15) is 5.11 Å². The number of hydrogen-bond donors (Lipinski definition) is 1. The van der Waals surface area contributed by atoms with Crippen LogP contribution in [-0.2, 0) is 0 Å². The Kier molecular flexibility index (Phi) is 6.37. The topological polar surface area (TPSA) is 23.5 Å². The van der Waals surface area contributed by atoms with Crippen molar-refractivity contribution in [1.82, 2.24) is 4.90 Å². The van der Waals surface area contributed by atoms with E-state index in [-0.39, 0.29) is 6.10 Å². The first-order valence-corrected chi connectivity index (χ1v) is 7.07. The predicted molar refractivity (Wildman–Crippen MR) is 69.6 cm³/mol. The van der Waals surface area contributed by atoms with Crippen LogP contribution in [0.1, 0.15) is 59.3 Å². The SMILES string of the molecule is CCCCCN(CC1CCCC1O)C(C)C. The quantitative estimate of drug-likeness (QED) is 0.676. The monoisotopic (exact) mass is 227 g/mol. The Balaban J connectivity index is 2.32. The molecule has 0 aliphatic heterocycles. The van der Waals surface area contributed by atoms with Gasteiger partial charge in [-0.15, -0.1) is 0 Å². The molecule has 0 amide bonds. The molecule has 1 N–H and O–H groups in total. The second-order valence-electron chi connectivity index (χ2n) is 5.55. The molecule has 1 fully saturated rings. The molecule has 2 nitrogen and oxygen atoms in total. The molecule has 0 spiro atoms. The molecule has 1 aliphatic rings. The number of nitrogens with zero attached hydrogens (tertiary/aromatic N) is 1. The minimum Gasteiger partial charge on any atom is -0.393 e. The first kappa shape index (κ1) is 14.0. The predicted octanol–water partition coefficient (Wildman–Crippen LogP) is 3.05. The van der Waals surface area contributed by atoms with Crippen LogP contribution < -0.4 is 0 Å². The van der Waals surface area contributed by atoms with Gasteiger partial charge >= 0.3 is 0 Å². The molecule has 0 heterocycles. The summed E-state index contributed by atoms with van der Waals surface area (Å²) in [6.07, 6.45) is 7.34. The van der Waals surface area contributed by atoms with E-state index in [2.05, 4.69) is 25.7 Å². The van der Waals surface area contributed by atoms with Gasteiger partial charge in [-0.25, -0.2) is 0 Å². The highest BCUT2D eigenvalue weighted by Gasteiger charge is 2.27. The first-order chi connectivity index (χ1) is 7.65. The summed E-state index contributed by atoms with van der Waals surface area (Å²) in [5.41, 5.74) is 0. The lowest BCUT2D eigenvalue weighted by atomic mass is 10.0. The molecule has 2 heteroatoms. The smallest absolute Gasteiger partial charge is 0.0580 e. The molecule has 96 valence electrons. The average molecular weight is 227 g/mol. The van der Waals surface area contributed by atoms with E-state index in [0.717, 1.165) is 13.0 Å². The lowest BCUT2D eigenvalue weighted by Crippen LogP contribution is -2.38. The van der Waals surface area contributed by atoms with E-state index in [1.165, 1.54) is 38.6 Å². The summed E-state index contributed by atoms with van der Waals surface area (Å²) in [6.45, 7) is 9.10. The molecule has 16 heavy (non-hydrogen) atoms. The van der Waals surface area contributed by atoms with Crippen LogP contribution in [0.25, 0.3) is 0 Å². The Bertz CT molecular complexity index is 182. The van der Waals surface area contributed by atoms with Gasteiger partial charge in [0.05, 0.1) is 6.10 Å².